The van der Waals surface area contributed by atoms with E-state index in [0.29, 0.717) is 25.6 Å². The van der Waals surface area contributed by atoms with Crippen molar-refractivity contribution in [3.05, 3.63) is 18.3 Å². The fourth-order valence-corrected chi connectivity index (χ4v) is 3.28. The van der Waals surface area contributed by atoms with E-state index in [1.807, 2.05) is 12.1 Å². The van der Waals surface area contributed by atoms with Crippen molar-refractivity contribution in [1.29, 1.82) is 0 Å². The van der Waals surface area contributed by atoms with Crippen LogP contribution in [0.5, 0.6) is 0 Å². The number of pyridine rings is 1. The Morgan fingerprint density at radius 3 is 2.95 bits per heavy atom. The second-order valence-corrected chi connectivity index (χ2v) is 6.08. The van der Waals surface area contributed by atoms with Gasteiger partial charge in [0.05, 0.1) is 18.9 Å². The minimum atomic E-state index is 0.0323. The zero-order valence-corrected chi connectivity index (χ0v) is 12.8. The van der Waals surface area contributed by atoms with Crippen LogP contribution in [0.3, 0.4) is 0 Å². The highest BCUT2D eigenvalue weighted by Crippen LogP contribution is 2.28. The van der Waals surface area contributed by atoms with Gasteiger partial charge in [-0.15, -0.1) is 0 Å². The third-order valence-corrected chi connectivity index (χ3v) is 4.54. The van der Waals surface area contributed by atoms with E-state index in [0.717, 1.165) is 43.9 Å². The number of hydrogen-bond donors (Lipinski definition) is 2. The van der Waals surface area contributed by atoms with Crippen LogP contribution < -0.4 is 16.0 Å². The van der Waals surface area contributed by atoms with E-state index >= 15 is 0 Å². The Hall–Kier alpha value is -1.66. The summed E-state index contributed by atoms with van der Waals surface area (Å²) in [5.41, 5.74) is 6.83. The van der Waals surface area contributed by atoms with Crippen molar-refractivity contribution >= 4 is 17.4 Å². The lowest BCUT2D eigenvalue weighted by Gasteiger charge is -2.29. The van der Waals surface area contributed by atoms with Crippen LogP contribution in [0.15, 0.2) is 18.3 Å². The predicted octanol–water partition coefficient (Wildman–Crippen LogP) is 1.37. The van der Waals surface area contributed by atoms with Crippen molar-refractivity contribution < 1.29 is 9.53 Å². The fraction of sp³-hybridized carbons (Fsp3) is 0.625. The number of hydrogen-bond acceptors (Lipinski definition) is 5. The van der Waals surface area contributed by atoms with Crippen molar-refractivity contribution in [3.8, 4) is 0 Å². The monoisotopic (exact) mass is 304 g/mol. The Labute approximate surface area is 131 Å². The Morgan fingerprint density at radius 2 is 2.23 bits per heavy atom. The Morgan fingerprint density at radius 1 is 1.41 bits per heavy atom. The zero-order valence-electron chi connectivity index (χ0n) is 12.8. The van der Waals surface area contributed by atoms with Gasteiger partial charge in [-0.3, -0.25) is 4.79 Å². The van der Waals surface area contributed by atoms with E-state index in [-0.39, 0.29) is 11.9 Å². The zero-order chi connectivity index (χ0) is 15.4. The molecule has 6 heteroatoms. The van der Waals surface area contributed by atoms with E-state index in [9.17, 15) is 4.79 Å². The number of anilines is 2. The van der Waals surface area contributed by atoms with E-state index in [2.05, 4.69) is 15.2 Å². The standard InChI is InChI=1S/C16H24N4O2/c17-13-4-1-3-12(13)11-15(21)19-14-5-2-6-18-16(14)20-7-9-22-10-8-20/h2,5-6,12-13H,1,3-4,7-11,17H2,(H,19,21)/t12-,13+/m0/s1. The van der Waals surface area contributed by atoms with Crippen LogP contribution in [-0.4, -0.2) is 43.2 Å². The molecule has 22 heavy (non-hydrogen) atoms. The summed E-state index contributed by atoms with van der Waals surface area (Å²) in [5, 5.41) is 3.02. The Bertz CT molecular complexity index is 517. The largest absolute Gasteiger partial charge is 0.378 e. The number of rotatable bonds is 4. The van der Waals surface area contributed by atoms with Crippen LogP contribution in [0, 0.1) is 5.92 Å². The third-order valence-electron chi connectivity index (χ3n) is 4.54. The van der Waals surface area contributed by atoms with Gasteiger partial charge in [0, 0.05) is 31.7 Å². The van der Waals surface area contributed by atoms with Gasteiger partial charge >= 0.3 is 0 Å². The van der Waals surface area contributed by atoms with Crippen molar-refractivity contribution in [2.24, 2.45) is 11.7 Å². The van der Waals surface area contributed by atoms with Crippen molar-refractivity contribution in [3.63, 3.8) is 0 Å². The van der Waals surface area contributed by atoms with Gasteiger partial charge in [-0.25, -0.2) is 4.98 Å². The molecule has 0 radical (unpaired) electrons. The molecule has 1 saturated carbocycles. The van der Waals surface area contributed by atoms with E-state index in [1.165, 1.54) is 0 Å². The maximum Gasteiger partial charge on any atom is 0.224 e. The minimum Gasteiger partial charge on any atom is -0.378 e. The van der Waals surface area contributed by atoms with Gasteiger partial charge in [-0.1, -0.05) is 6.42 Å². The molecule has 0 aromatic carbocycles. The molecule has 0 bridgehead atoms. The average molecular weight is 304 g/mol. The predicted molar refractivity (Wildman–Crippen MR) is 85.8 cm³/mol. The number of nitrogens with zero attached hydrogens (tertiary/aromatic N) is 2. The van der Waals surface area contributed by atoms with Crippen molar-refractivity contribution in [1.82, 2.24) is 4.98 Å². The number of aromatic nitrogens is 1. The molecule has 1 aromatic heterocycles. The SMILES string of the molecule is N[C@@H]1CCC[C@H]1CC(=O)Nc1cccnc1N1CCOCC1. The number of carbonyl (C=O) groups excluding carboxylic acids is 1. The number of carbonyl (C=O) groups is 1. The topological polar surface area (TPSA) is 80.5 Å². The lowest BCUT2D eigenvalue weighted by molar-refractivity contribution is -0.117. The van der Waals surface area contributed by atoms with Gasteiger partial charge in [0.1, 0.15) is 0 Å². The number of ether oxygens (including phenoxy) is 1. The molecule has 3 N–H and O–H groups in total. The molecule has 3 rings (SSSR count). The summed E-state index contributed by atoms with van der Waals surface area (Å²) in [4.78, 5) is 18.9. The molecule has 2 heterocycles. The van der Waals surface area contributed by atoms with Gasteiger partial charge in [0.25, 0.3) is 0 Å². The van der Waals surface area contributed by atoms with Crippen molar-refractivity contribution in [2.45, 2.75) is 31.7 Å². The molecule has 1 amide bonds. The van der Waals surface area contributed by atoms with Crippen LogP contribution in [-0.2, 0) is 9.53 Å². The molecular weight excluding hydrogens is 280 g/mol. The van der Waals surface area contributed by atoms with Gasteiger partial charge in [-0.05, 0) is 30.9 Å². The van der Waals surface area contributed by atoms with Gasteiger partial charge in [0.15, 0.2) is 5.82 Å². The first-order valence-electron chi connectivity index (χ1n) is 8.07. The molecule has 1 aliphatic carbocycles. The highest BCUT2D eigenvalue weighted by atomic mass is 16.5. The normalized spacial score (nSPS) is 25.2. The summed E-state index contributed by atoms with van der Waals surface area (Å²) in [6.45, 7) is 2.99. The summed E-state index contributed by atoms with van der Waals surface area (Å²) < 4.78 is 5.37. The van der Waals surface area contributed by atoms with Crippen LogP contribution in [0.2, 0.25) is 0 Å². The fourth-order valence-electron chi connectivity index (χ4n) is 3.28. The highest BCUT2D eigenvalue weighted by molar-refractivity contribution is 5.93. The second-order valence-electron chi connectivity index (χ2n) is 6.08. The van der Waals surface area contributed by atoms with Crippen LogP contribution in [0.1, 0.15) is 25.7 Å². The lowest BCUT2D eigenvalue weighted by Crippen LogP contribution is -2.37. The summed E-state index contributed by atoms with van der Waals surface area (Å²) in [6.07, 6.45) is 5.47. The molecule has 120 valence electrons. The first kappa shape index (κ1) is 15.2. The first-order chi connectivity index (χ1) is 10.7. The smallest absolute Gasteiger partial charge is 0.224 e. The van der Waals surface area contributed by atoms with E-state index in [1.54, 1.807) is 6.20 Å². The number of nitrogens with two attached hydrogens (primary N) is 1. The summed E-state index contributed by atoms with van der Waals surface area (Å²) in [7, 11) is 0. The maximum absolute atomic E-state index is 12.3. The molecule has 6 nitrogen and oxygen atoms in total. The third kappa shape index (κ3) is 3.56. The van der Waals surface area contributed by atoms with Crippen LogP contribution >= 0.6 is 0 Å². The van der Waals surface area contributed by atoms with Crippen LogP contribution in [0.4, 0.5) is 11.5 Å². The molecule has 0 unspecified atom stereocenters. The summed E-state index contributed by atoms with van der Waals surface area (Å²) in [5.74, 6) is 1.17. The molecule has 2 aliphatic rings. The molecule has 1 aliphatic heterocycles. The first-order valence-corrected chi connectivity index (χ1v) is 8.07. The Kier molecular flexibility index (Phi) is 4.90. The highest BCUT2D eigenvalue weighted by Gasteiger charge is 2.26. The molecule has 0 spiro atoms. The molecule has 1 aromatic rings. The van der Waals surface area contributed by atoms with E-state index in [4.69, 9.17) is 10.5 Å². The number of amides is 1. The summed E-state index contributed by atoms with van der Waals surface area (Å²) in [6, 6.07) is 3.92. The van der Waals surface area contributed by atoms with Gasteiger partial charge in [0.2, 0.25) is 5.91 Å². The number of morpholine rings is 1. The molecular formula is C16H24N4O2. The lowest BCUT2D eigenvalue weighted by atomic mass is 10.00. The summed E-state index contributed by atoms with van der Waals surface area (Å²) >= 11 is 0. The van der Waals surface area contributed by atoms with Crippen LogP contribution in [0.25, 0.3) is 0 Å². The minimum absolute atomic E-state index is 0.0323. The van der Waals surface area contributed by atoms with Gasteiger partial charge < -0.3 is 20.7 Å². The Balaban J connectivity index is 1.65. The van der Waals surface area contributed by atoms with E-state index < -0.39 is 0 Å². The van der Waals surface area contributed by atoms with Gasteiger partial charge in [-0.2, -0.15) is 0 Å². The molecule has 2 atom stereocenters. The molecule has 1 saturated heterocycles. The average Bonchev–Trinajstić information content (AvgIpc) is 2.94. The number of nitrogens with one attached hydrogen (secondary N) is 1. The molecule has 2 fully saturated rings. The van der Waals surface area contributed by atoms with Crippen molar-refractivity contribution in [2.75, 3.05) is 36.5 Å². The second kappa shape index (κ2) is 7.07. The quantitative estimate of drug-likeness (QED) is 0.878. The maximum atomic E-state index is 12.3.